The summed E-state index contributed by atoms with van der Waals surface area (Å²) in [4.78, 5) is 21.5. The molecule has 1 aromatic heterocycles. The molecule has 1 aliphatic heterocycles. The lowest BCUT2D eigenvalue weighted by atomic mass is 10.1. The number of rotatable bonds is 13. The summed E-state index contributed by atoms with van der Waals surface area (Å²) >= 11 is 6.59. The van der Waals surface area contributed by atoms with Gasteiger partial charge in [0.1, 0.15) is 18.1 Å². The number of pyridine rings is 1. The topological polar surface area (TPSA) is 64.1 Å². The summed E-state index contributed by atoms with van der Waals surface area (Å²) in [6.07, 6.45) is 1.26. The number of aryl methyl sites for hydroxylation is 2. The second kappa shape index (κ2) is 19.0. The Balaban J connectivity index is 0.00000580. The molecule has 12 heteroatoms. The van der Waals surface area contributed by atoms with Gasteiger partial charge >= 0.3 is 6.18 Å². The van der Waals surface area contributed by atoms with Crippen molar-refractivity contribution in [3.8, 4) is 23.1 Å². The van der Waals surface area contributed by atoms with Crippen molar-refractivity contribution < 1.29 is 32.2 Å². The van der Waals surface area contributed by atoms with Gasteiger partial charge in [-0.05, 0) is 90.2 Å². The van der Waals surface area contributed by atoms with E-state index in [1.807, 2.05) is 30.0 Å². The average molecular weight is 793 g/mol. The highest BCUT2D eigenvalue weighted by Gasteiger charge is 2.30. The summed E-state index contributed by atoms with van der Waals surface area (Å²) in [7, 11) is 0. The van der Waals surface area contributed by atoms with Gasteiger partial charge in [-0.25, -0.2) is 4.98 Å². The molecule has 1 fully saturated rings. The molecule has 0 spiro atoms. The van der Waals surface area contributed by atoms with Crippen LogP contribution in [0.2, 0.25) is 5.02 Å². The number of benzene rings is 4. The molecule has 0 aliphatic carbocycles. The number of carbonyl (C=O) groups excluding carboxylic acids is 1. The first-order chi connectivity index (χ1) is 26.0. The number of hydrogen-bond acceptors (Lipinski definition) is 6. The van der Waals surface area contributed by atoms with Crippen molar-refractivity contribution in [3.63, 3.8) is 0 Å². The molecular weight excluding hydrogens is 750 g/mol. The highest BCUT2D eigenvalue weighted by atomic mass is 35.5. The van der Waals surface area contributed by atoms with Crippen LogP contribution >= 0.6 is 24.0 Å². The van der Waals surface area contributed by atoms with Gasteiger partial charge in [0, 0.05) is 51.3 Å². The Morgan fingerprint density at radius 2 is 1.47 bits per heavy atom. The predicted molar refractivity (Wildman–Crippen MR) is 211 cm³/mol. The SMILES string of the molecule is Cc1ccc(OCCc2ccc(CN3CCN(C(=O)/C=C/c4cc(C)c(Oc5ccc(OCc6ccc(C(F)(F)F)cc6)cn5)c(Cl)c4)CC3)cc2)cc1.Cl. The zero-order chi connectivity index (χ0) is 38.1. The number of ether oxygens (including phenoxy) is 3. The van der Waals surface area contributed by atoms with E-state index in [1.165, 1.54) is 35.0 Å². The molecule has 7 nitrogen and oxygen atoms in total. The van der Waals surface area contributed by atoms with E-state index in [0.29, 0.717) is 41.8 Å². The zero-order valence-corrected chi connectivity index (χ0v) is 32.1. The van der Waals surface area contributed by atoms with Crippen LogP contribution in [0.4, 0.5) is 13.2 Å². The normalized spacial score (nSPS) is 13.4. The first kappa shape index (κ1) is 41.1. The molecule has 6 rings (SSSR count). The molecule has 0 N–H and O–H groups in total. The van der Waals surface area contributed by atoms with E-state index in [4.69, 9.17) is 25.8 Å². The Labute approximate surface area is 330 Å². The Bertz CT molecular complexity index is 2010. The Hall–Kier alpha value is -5.03. The van der Waals surface area contributed by atoms with E-state index in [1.54, 1.807) is 30.4 Å². The number of halogens is 5. The van der Waals surface area contributed by atoms with Gasteiger partial charge in [0.2, 0.25) is 11.8 Å². The first-order valence-corrected chi connectivity index (χ1v) is 18.1. The van der Waals surface area contributed by atoms with Crippen molar-refractivity contribution in [2.45, 2.75) is 39.6 Å². The third-order valence-corrected chi connectivity index (χ3v) is 9.35. The minimum atomic E-state index is -4.39. The lowest BCUT2D eigenvalue weighted by Crippen LogP contribution is -2.47. The number of aromatic nitrogens is 1. The van der Waals surface area contributed by atoms with Crippen LogP contribution in [0.1, 0.15) is 38.9 Å². The summed E-state index contributed by atoms with van der Waals surface area (Å²) in [5.41, 5.74) is 5.10. The van der Waals surface area contributed by atoms with E-state index in [2.05, 4.69) is 53.2 Å². The second-order valence-corrected chi connectivity index (χ2v) is 13.6. The highest BCUT2D eigenvalue weighted by Crippen LogP contribution is 2.34. The lowest BCUT2D eigenvalue weighted by molar-refractivity contribution is -0.137. The monoisotopic (exact) mass is 791 g/mol. The lowest BCUT2D eigenvalue weighted by Gasteiger charge is -2.34. The molecule has 5 aromatic rings. The van der Waals surface area contributed by atoms with Crippen molar-refractivity contribution >= 4 is 36.0 Å². The summed E-state index contributed by atoms with van der Waals surface area (Å²) in [5.74, 6) is 1.99. The molecule has 288 valence electrons. The molecule has 0 atom stereocenters. The summed E-state index contributed by atoms with van der Waals surface area (Å²) < 4.78 is 55.9. The van der Waals surface area contributed by atoms with Crippen LogP contribution in [0.15, 0.2) is 109 Å². The van der Waals surface area contributed by atoms with E-state index in [9.17, 15) is 18.0 Å². The van der Waals surface area contributed by atoms with E-state index in [0.717, 1.165) is 55.1 Å². The fourth-order valence-corrected chi connectivity index (χ4v) is 6.26. The van der Waals surface area contributed by atoms with Crippen LogP contribution < -0.4 is 14.2 Å². The Morgan fingerprint density at radius 3 is 2.11 bits per heavy atom. The first-order valence-electron chi connectivity index (χ1n) is 17.7. The smallest absolute Gasteiger partial charge is 0.416 e. The number of carbonyl (C=O) groups is 1. The van der Waals surface area contributed by atoms with Gasteiger partial charge in [0.05, 0.1) is 23.4 Å². The van der Waals surface area contributed by atoms with Crippen LogP contribution in [-0.2, 0) is 30.5 Å². The van der Waals surface area contributed by atoms with Crippen LogP contribution in [0.5, 0.6) is 23.1 Å². The zero-order valence-electron chi connectivity index (χ0n) is 30.5. The van der Waals surface area contributed by atoms with Gasteiger partial charge < -0.3 is 19.1 Å². The van der Waals surface area contributed by atoms with Gasteiger partial charge in [-0.3, -0.25) is 9.69 Å². The molecule has 0 radical (unpaired) electrons. The summed E-state index contributed by atoms with van der Waals surface area (Å²) in [5, 5.41) is 0.365. The van der Waals surface area contributed by atoms with Crippen LogP contribution in [0.25, 0.3) is 6.08 Å². The second-order valence-electron chi connectivity index (χ2n) is 13.2. The number of piperazine rings is 1. The van der Waals surface area contributed by atoms with E-state index >= 15 is 0 Å². The number of nitrogens with zero attached hydrogens (tertiary/aromatic N) is 3. The maximum atomic E-state index is 13.0. The highest BCUT2D eigenvalue weighted by molar-refractivity contribution is 6.32. The fraction of sp³-hybridized carbons (Fsp3) is 0.256. The molecule has 2 heterocycles. The van der Waals surface area contributed by atoms with Crippen molar-refractivity contribution in [2.24, 2.45) is 0 Å². The quantitative estimate of drug-likeness (QED) is 0.111. The van der Waals surface area contributed by atoms with Gasteiger partial charge in [0.15, 0.2) is 5.75 Å². The Morgan fingerprint density at radius 1 is 0.818 bits per heavy atom. The summed E-state index contributed by atoms with van der Waals surface area (Å²) in [6, 6.07) is 28.4. The number of amides is 1. The average Bonchev–Trinajstić information content (AvgIpc) is 3.16. The summed E-state index contributed by atoms with van der Waals surface area (Å²) in [6.45, 7) is 8.36. The van der Waals surface area contributed by atoms with Crippen molar-refractivity contribution in [2.75, 3.05) is 32.8 Å². The number of alkyl halides is 3. The van der Waals surface area contributed by atoms with Gasteiger partial charge in [-0.2, -0.15) is 13.2 Å². The van der Waals surface area contributed by atoms with E-state index < -0.39 is 11.7 Å². The molecule has 1 amide bonds. The van der Waals surface area contributed by atoms with E-state index in [-0.39, 0.29) is 30.8 Å². The molecule has 55 heavy (non-hydrogen) atoms. The fourth-order valence-electron chi connectivity index (χ4n) is 5.95. The minimum Gasteiger partial charge on any atom is -0.493 e. The molecule has 1 saturated heterocycles. The maximum absolute atomic E-state index is 13.0. The third-order valence-electron chi connectivity index (χ3n) is 9.07. The van der Waals surface area contributed by atoms with Gasteiger partial charge in [-0.1, -0.05) is 65.7 Å². The molecule has 0 bridgehead atoms. The molecule has 0 saturated carbocycles. The molecule has 0 unspecified atom stereocenters. The standard InChI is InChI=1S/C43H41ClF3N3O4.ClH/c1-30-3-14-37(15-4-30)52-24-19-32-5-7-33(8-6-32)28-49-20-22-50(23-21-49)41(51)18-11-35-25-31(2)42(39(44)26-35)54-40-17-16-38(27-48-40)53-29-34-9-12-36(13-10-34)43(45,46)47;/h3-18,25-27H,19-24,28-29H2,1-2H3;1H/b18-11+;. The minimum absolute atomic E-state index is 0. The van der Waals surface area contributed by atoms with Crippen LogP contribution in [0, 0.1) is 13.8 Å². The van der Waals surface area contributed by atoms with Crippen molar-refractivity contribution in [1.82, 2.24) is 14.8 Å². The van der Waals surface area contributed by atoms with Crippen LogP contribution in [-0.4, -0.2) is 53.5 Å². The van der Waals surface area contributed by atoms with Crippen molar-refractivity contribution in [1.29, 1.82) is 0 Å². The third kappa shape index (κ3) is 12.0. The predicted octanol–water partition coefficient (Wildman–Crippen LogP) is 10.1. The van der Waals surface area contributed by atoms with Crippen molar-refractivity contribution in [3.05, 3.63) is 153 Å². The molecule has 1 aliphatic rings. The number of hydrogen-bond donors (Lipinski definition) is 0. The molecular formula is C43H42Cl2F3N3O4. The Kier molecular flexibility index (Phi) is 14.2. The van der Waals surface area contributed by atoms with Gasteiger partial charge in [0.25, 0.3) is 0 Å². The largest absolute Gasteiger partial charge is 0.493 e. The maximum Gasteiger partial charge on any atom is 0.416 e. The van der Waals surface area contributed by atoms with Crippen LogP contribution in [0.3, 0.4) is 0 Å². The molecule has 4 aromatic carbocycles. The van der Waals surface area contributed by atoms with Gasteiger partial charge in [-0.15, -0.1) is 12.4 Å².